The van der Waals surface area contributed by atoms with Gasteiger partial charge in [0.25, 0.3) is 10.0 Å². The van der Waals surface area contributed by atoms with Crippen LogP contribution in [-0.4, -0.2) is 34.7 Å². The van der Waals surface area contributed by atoms with Crippen molar-refractivity contribution in [2.75, 3.05) is 29.8 Å². The maximum absolute atomic E-state index is 12.9. The zero-order chi connectivity index (χ0) is 18.9. The van der Waals surface area contributed by atoms with Crippen molar-refractivity contribution in [1.29, 1.82) is 0 Å². The summed E-state index contributed by atoms with van der Waals surface area (Å²) in [5, 5.41) is 1.62. The summed E-state index contributed by atoms with van der Waals surface area (Å²) in [6.45, 7) is 1.80. The summed E-state index contributed by atoms with van der Waals surface area (Å²) in [7, 11) is -1.93. The highest BCUT2D eigenvalue weighted by Gasteiger charge is 2.22. The van der Waals surface area contributed by atoms with Crippen LogP contribution < -0.4 is 9.62 Å². The van der Waals surface area contributed by atoms with Crippen molar-refractivity contribution < 1.29 is 13.2 Å². The van der Waals surface area contributed by atoms with Crippen LogP contribution in [0, 0.1) is 0 Å². The fraction of sp³-hybridized carbons (Fsp3) is 0.238. The van der Waals surface area contributed by atoms with Crippen LogP contribution in [0.3, 0.4) is 0 Å². The van der Waals surface area contributed by atoms with Gasteiger partial charge in [-0.2, -0.15) is 0 Å². The molecule has 0 amide bonds. The normalized spacial score (nSPS) is 17.4. The molecule has 140 valence electrons. The summed E-state index contributed by atoms with van der Waals surface area (Å²) in [6.07, 6.45) is 1.26. The molecule has 0 saturated carbocycles. The van der Waals surface area contributed by atoms with Crippen LogP contribution in [0.15, 0.2) is 71.6 Å². The number of anilines is 2. The average Bonchev–Trinajstić information content (AvgIpc) is 3.17. The van der Waals surface area contributed by atoms with E-state index >= 15 is 0 Å². The highest BCUT2D eigenvalue weighted by molar-refractivity contribution is 7.93. The summed E-state index contributed by atoms with van der Waals surface area (Å²) in [4.78, 5) is 2.53. The third-order valence-electron chi connectivity index (χ3n) is 5.00. The van der Waals surface area contributed by atoms with Crippen molar-refractivity contribution in [3.63, 3.8) is 0 Å². The Kier molecular flexibility index (Phi) is 4.76. The molecule has 0 unspecified atom stereocenters. The van der Waals surface area contributed by atoms with E-state index in [9.17, 15) is 8.42 Å². The summed E-state index contributed by atoms with van der Waals surface area (Å²) < 4.78 is 33.9. The third-order valence-corrected chi connectivity index (χ3v) is 6.44. The minimum atomic E-state index is -3.67. The van der Waals surface area contributed by atoms with Crippen molar-refractivity contribution in [3.8, 4) is 0 Å². The number of sulfonamides is 1. The van der Waals surface area contributed by atoms with E-state index in [2.05, 4.69) is 9.62 Å². The van der Waals surface area contributed by atoms with E-state index in [1.165, 1.54) is 0 Å². The molecular weight excluding hydrogens is 360 g/mol. The quantitative estimate of drug-likeness (QED) is 0.728. The zero-order valence-corrected chi connectivity index (χ0v) is 15.9. The number of nitrogens with zero attached hydrogens (tertiary/aromatic N) is 1. The van der Waals surface area contributed by atoms with Crippen LogP contribution in [0.5, 0.6) is 0 Å². The van der Waals surface area contributed by atoms with E-state index in [-0.39, 0.29) is 11.0 Å². The monoisotopic (exact) mass is 382 g/mol. The average molecular weight is 382 g/mol. The van der Waals surface area contributed by atoms with E-state index in [1.807, 2.05) is 42.5 Å². The van der Waals surface area contributed by atoms with Gasteiger partial charge in [0.2, 0.25) is 0 Å². The fourth-order valence-corrected chi connectivity index (χ4v) is 4.83. The molecule has 3 aromatic rings. The molecule has 1 aliphatic rings. The molecule has 1 atom stereocenters. The standard InChI is InChI=1S/C21H22N2O3S/c1-26-19-13-14-23(15-19)18-11-9-17(10-12-18)22-27(24,25)21-8-4-6-16-5-2-3-7-20(16)21/h2-12,19,22H,13-15H2,1H3/t19-/m0/s1. The van der Waals surface area contributed by atoms with Gasteiger partial charge in [0, 0.05) is 37.0 Å². The molecule has 0 aromatic heterocycles. The van der Waals surface area contributed by atoms with Gasteiger partial charge in [0.05, 0.1) is 11.0 Å². The van der Waals surface area contributed by atoms with Crippen LogP contribution >= 0.6 is 0 Å². The van der Waals surface area contributed by atoms with Crippen molar-refractivity contribution in [2.24, 2.45) is 0 Å². The Morgan fingerprint density at radius 3 is 2.48 bits per heavy atom. The van der Waals surface area contributed by atoms with Crippen LogP contribution in [0.4, 0.5) is 11.4 Å². The number of ether oxygens (including phenoxy) is 1. The topological polar surface area (TPSA) is 58.6 Å². The summed E-state index contributed by atoms with van der Waals surface area (Å²) in [6, 6.07) is 20.3. The van der Waals surface area contributed by atoms with Gasteiger partial charge >= 0.3 is 0 Å². The number of nitrogens with one attached hydrogen (secondary N) is 1. The molecule has 6 heteroatoms. The SMILES string of the molecule is CO[C@H]1CCN(c2ccc(NS(=O)(=O)c3cccc4ccccc34)cc2)C1. The summed E-state index contributed by atoms with van der Waals surface area (Å²) >= 11 is 0. The Labute approximate surface area is 159 Å². The first kappa shape index (κ1) is 17.8. The second-order valence-corrected chi connectivity index (χ2v) is 8.37. The first-order chi connectivity index (χ1) is 13.1. The first-order valence-corrected chi connectivity index (χ1v) is 10.4. The third kappa shape index (κ3) is 3.63. The lowest BCUT2D eigenvalue weighted by Gasteiger charge is -2.19. The number of fused-ring (bicyclic) bond motifs is 1. The van der Waals surface area contributed by atoms with Crippen molar-refractivity contribution in [2.45, 2.75) is 17.4 Å². The molecule has 5 nitrogen and oxygen atoms in total. The number of rotatable bonds is 5. The lowest BCUT2D eigenvalue weighted by atomic mass is 10.1. The zero-order valence-electron chi connectivity index (χ0n) is 15.1. The van der Waals surface area contributed by atoms with Gasteiger partial charge in [0.1, 0.15) is 0 Å². The van der Waals surface area contributed by atoms with Gasteiger partial charge in [0.15, 0.2) is 0 Å². The van der Waals surface area contributed by atoms with Gasteiger partial charge in [-0.25, -0.2) is 8.42 Å². The second kappa shape index (κ2) is 7.21. The maximum Gasteiger partial charge on any atom is 0.262 e. The van der Waals surface area contributed by atoms with E-state index in [1.54, 1.807) is 31.4 Å². The Morgan fingerprint density at radius 2 is 1.74 bits per heavy atom. The van der Waals surface area contributed by atoms with Gasteiger partial charge < -0.3 is 9.64 Å². The minimum absolute atomic E-state index is 0.259. The molecule has 1 saturated heterocycles. The number of hydrogen-bond donors (Lipinski definition) is 1. The molecule has 4 rings (SSSR count). The largest absolute Gasteiger partial charge is 0.380 e. The Hall–Kier alpha value is -2.57. The highest BCUT2D eigenvalue weighted by atomic mass is 32.2. The van der Waals surface area contributed by atoms with E-state index in [4.69, 9.17) is 4.74 Å². The Morgan fingerprint density at radius 1 is 1.00 bits per heavy atom. The molecule has 3 aromatic carbocycles. The second-order valence-electron chi connectivity index (χ2n) is 6.72. The van der Waals surface area contributed by atoms with Crippen LogP contribution in [0.1, 0.15) is 6.42 Å². The molecule has 0 aliphatic carbocycles. The molecule has 1 heterocycles. The van der Waals surface area contributed by atoms with Gasteiger partial charge in [-0.1, -0.05) is 36.4 Å². The predicted octanol–water partition coefficient (Wildman–Crippen LogP) is 3.87. The number of methoxy groups -OCH3 is 1. The lowest BCUT2D eigenvalue weighted by molar-refractivity contribution is 0.121. The van der Waals surface area contributed by atoms with Gasteiger partial charge in [-0.05, 0) is 42.1 Å². The summed E-state index contributed by atoms with van der Waals surface area (Å²) in [5.41, 5.74) is 1.62. The fourth-order valence-electron chi connectivity index (χ4n) is 3.54. The first-order valence-electron chi connectivity index (χ1n) is 8.95. The smallest absolute Gasteiger partial charge is 0.262 e. The van der Waals surface area contributed by atoms with E-state index < -0.39 is 10.0 Å². The molecular formula is C21H22N2O3S. The maximum atomic E-state index is 12.9. The number of hydrogen-bond acceptors (Lipinski definition) is 4. The van der Waals surface area contributed by atoms with Crippen LogP contribution in [-0.2, 0) is 14.8 Å². The molecule has 27 heavy (non-hydrogen) atoms. The summed E-state index contributed by atoms with van der Waals surface area (Å²) in [5.74, 6) is 0. The molecule has 0 bridgehead atoms. The molecule has 1 fully saturated rings. The van der Waals surface area contributed by atoms with Crippen LogP contribution in [0.25, 0.3) is 10.8 Å². The van der Waals surface area contributed by atoms with E-state index in [0.29, 0.717) is 11.1 Å². The molecule has 1 N–H and O–H groups in total. The van der Waals surface area contributed by atoms with E-state index in [0.717, 1.165) is 30.6 Å². The van der Waals surface area contributed by atoms with Crippen molar-refractivity contribution >= 4 is 32.2 Å². The number of benzene rings is 3. The molecule has 1 aliphatic heterocycles. The van der Waals surface area contributed by atoms with Crippen LogP contribution in [0.2, 0.25) is 0 Å². The van der Waals surface area contributed by atoms with Crippen molar-refractivity contribution in [3.05, 3.63) is 66.7 Å². The lowest BCUT2D eigenvalue weighted by Crippen LogP contribution is -2.22. The Bertz CT molecular complexity index is 1040. The molecule has 0 radical (unpaired) electrons. The Balaban J connectivity index is 1.56. The highest BCUT2D eigenvalue weighted by Crippen LogP contribution is 2.27. The van der Waals surface area contributed by atoms with Crippen molar-refractivity contribution in [1.82, 2.24) is 0 Å². The minimum Gasteiger partial charge on any atom is -0.380 e. The van der Waals surface area contributed by atoms with Gasteiger partial charge in [-0.15, -0.1) is 0 Å². The van der Waals surface area contributed by atoms with Gasteiger partial charge in [-0.3, -0.25) is 4.72 Å². The predicted molar refractivity (Wildman–Crippen MR) is 109 cm³/mol. The molecule has 0 spiro atoms.